The highest BCUT2D eigenvalue weighted by Gasteiger charge is 2.21. The van der Waals surface area contributed by atoms with Gasteiger partial charge in [0.1, 0.15) is 0 Å². The van der Waals surface area contributed by atoms with Gasteiger partial charge in [-0.05, 0) is 50.9 Å². The van der Waals surface area contributed by atoms with E-state index in [4.69, 9.17) is 0 Å². The van der Waals surface area contributed by atoms with Gasteiger partial charge in [-0.15, -0.1) is 10.2 Å². The van der Waals surface area contributed by atoms with E-state index < -0.39 is 0 Å². The minimum absolute atomic E-state index is 0.0533. The van der Waals surface area contributed by atoms with Crippen molar-refractivity contribution in [3.63, 3.8) is 0 Å². The number of carbonyl (C=O) groups is 1. The van der Waals surface area contributed by atoms with Gasteiger partial charge in [0, 0.05) is 13.0 Å². The van der Waals surface area contributed by atoms with Crippen LogP contribution >= 0.6 is 11.3 Å². The first-order valence-electron chi connectivity index (χ1n) is 12.3. The van der Waals surface area contributed by atoms with Crippen molar-refractivity contribution in [3.05, 3.63) is 12.2 Å². The maximum Gasteiger partial charge on any atom is 0.226 e. The molecule has 1 heterocycles. The van der Waals surface area contributed by atoms with E-state index in [2.05, 4.69) is 39.9 Å². The first-order chi connectivity index (χ1) is 14.8. The predicted molar refractivity (Wildman–Crippen MR) is 129 cm³/mol. The highest BCUT2D eigenvalue weighted by Crippen LogP contribution is 2.30. The third kappa shape index (κ3) is 13.0. The molecular weight excluding hydrogens is 392 g/mol. The molecule has 1 aliphatic rings. The standard InChI is InChI=1S/C24H42N4OS/c1-2-3-4-5-6-7-8-9-10-11-12-13-14-15-16-17-22(29)26-24-28-27-23(30-24)25-20-21-18-19-21/h9-10,21H,2-8,11-20H2,1H3,(H,25,27)(H,26,28,29). The second kappa shape index (κ2) is 16.3. The second-order valence-corrected chi connectivity index (χ2v) is 9.60. The fourth-order valence-electron chi connectivity index (χ4n) is 3.44. The molecule has 0 radical (unpaired) electrons. The van der Waals surface area contributed by atoms with Gasteiger partial charge in [0.05, 0.1) is 0 Å². The summed E-state index contributed by atoms with van der Waals surface area (Å²) in [5.74, 6) is 0.852. The molecule has 2 rings (SSSR count). The maximum atomic E-state index is 12.0. The van der Waals surface area contributed by atoms with Crippen LogP contribution in [0.15, 0.2) is 12.2 Å². The smallest absolute Gasteiger partial charge is 0.226 e. The van der Waals surface area contributed by atoms with E-state index in [-0.39, 0.29) is 5.91 Å². The number of anilines is 2. The van der Waals surface area contributed by atoms with E-state index in [0.717, 1.165) is 30.4 Å². The lowest BCUT2D eigenvalue weighted by Crippen LogP contribution is -2.10. The molecule has 1 amide bonds. The Morgan fingerprint density at radius 2 is 1.50 bits per heavy atom. The fraction of sp³-hybridized carbons (Fsp3) is 0.792. The Morgan fingerprint density at radius 1 is 0.900 bits per heavy atom. The summed E-state index contributed by atoms with van der Waals surface area (Å²) in [5, 5.41) is 15.7. The topological polar surface area (TPSA) is 66.9 Å². The Kier molecular flexibility index (Phi) is 13.5. The molecule has 0 saturated heterocycles. The molecule has 6 heteroatoms. The van der Waals surface area contributed by atoms with Crippen molar-refractivity contribution in [2.24, 2.45) is 5.92 Å². The Morgan fingerprint density at radius 3 is 2.17 bits per heavy atom. The van der Waals surface area contributed by atoms with Gasteiger partial charge in [-0.2, -0.15) is 0 Å². The third-order valence-electron chi connectivity index (χ3n) is 5.58. The van der Waals surface area contributed by atoms with Crippen LogP contribution in [0.2, 0.25) is 0 Å². The lowest BCUT2D eigenvalue weighted by Gasteiger charge is -2.02. The largest absolute Gasteiger partial charge is 0.360 e. The number of nitrogens with zero attached hydrogens (tertiary/aromatic N) is 2. The van der Waals surface area contributed by atoms with Crippen molar-refractivity contribution in [2.75, 3.05) is 17.2 Å². The minimum Gasteiger partial charge on any atom is -0.360 e. The second-order valence-electron chi connectivity index (χ2n) is 8.62. The van der Waals surface area contributed by atoms with Crippen molar-refractivity contribution < 1.29 is 4.79 Å². The van der Waals surface area contributed by atoms with E-state index in [9.17, 15) is 4.79 Å². The zero-order valence-electron chi connectivity index (χ0n) is 19.0. The average molecular weight is 435 g/mol. The van der Waals surface area contributed by atoms with Crippen LogP contribution in [0.25, 0.3) is 0 Å². The van der Waals surface area contributed by atoms with E-state index in [1.807, 2.05) is 0 Å². The first kappa shape index (κ1) is 24.8. The van der Waals surface area contributed by atoms with E-state index >= 15 is 0 Å². The first-order valence-corrected chi connectivity index (χ1v) is 13.1. The number of rotatable bonds is 19. The molecule has 1 aromatic rings. The van der Waals surface area contributed by atoms with E-state index in [1.54, 1.807) is 0 Å². The van der Waals surface area contributed by atoms with Gasteiger partial charge < -0.3 is 10.6 Å². The Balaban J connectivity index is 1.35. The highest BCUT2D eigenvalue weighted by molar-refractivity contribution is 7.19. The molecule has 5 nitrogen and oxygen atoms in total. The van der Waals surface area contributed by atoms with Gasteiger partial charge in [-0.3, -0.25) is 4.79 Å². The molecule has 0 atom stereocenters. The summed E-state index contributed by atoms with van der Waals surface area (Å²) in [6, 6.07) is 0. The summed E-state index contributed by atoms with van der Waals surface area (Å²) in [5.41, 5.74) is 0. The van der Waals surface area contributed by atoms with Gasteiger partial charge in [0.15, 0.2) is 0 Å². The Bertz CT molecular complexity index is 598. The van der Waals surface area contributed by atoms with Crippen LogP contribution < -0.4 is 10.6 Å². The fourth-order valence-corrected chi connectivity index (χ4v) is 4.10. The van der Waals surface area contributed by atoms with E-state index in [0.29, 0.717) is 11.6 Å². The zero-order valence-corrected chi connectivity index (χ0v) is 19.8. The van der Waals surface area contributed by atoms with Crippen LogP contribution in [-0.4, -0.2) is 22.6 Å². The van der Waals surface area contributed by atoms with E-state index in [1.165, 1.54) is 94.8 Å². The molecule has 1 fully saturated rings. The van der Waals surface area contributed by atoms with Crippen molar-refractivity contribution in [1.29, 1.82) is 0 Å². The van der Waals surface area contributed by atoms with Crippen molar-refractivity contribution in [1.82, 2.24) is 10.2 Å². The molecule has 2 N–H and O–H groups in total. The summed E-state index contributed by atoms with van der Waals surface area (Å²) in [6.07, 6.45) is 24.4. The number of allylic oxidation sites excluding steroid dienone is 2. The van der Waals surface area contributed by atoms with Crippen molar-refractivity contribution >= 4 is 27.5 Å². The van der Waals surface area contributed by atoms with Gasteiger partial charge in [-0.25, -0.2) is 0 Å². The number of aromatic nitrogens is 2. The number of hydrogen-bond donors (Lipinski definition) is 2. The van der Waals surface area contributed by atoms with Gasteiger partial charge >= 0.3 is 0 Å². The molecule has 0 aliphatic heterocycles. The quantitative estimate of drug-likeness (QED) is 0.177. The van der Waals surface area contributed by atoms with Gasteiger partial charge in [0.2, 0.25) is 16.2 Å². The molecule has 30 heavy (non-hydrogen) atoms. The molecule has 170 valence electrons. The Labute approximate surface area is 187 Å². The molecule has 1 aliphatic carbocycles. The lowest BCUT2D eigenvalue weighted by molar-refractivity contribution is -0.116. The summed E-state index contributed by atoms with van der Waals surface area (Å²) < 4.78 is 0. The molecule has 1 saturated carbocycles. The van der Waals surface area contributed by atoms with Crippen LogP contribution in [0.5, 0.6) is 0 Å². The van der Waals surface area contributed by atoms with Crippen LogP contribution in [0.4, 0.5) is 10.3 Å². The number of carbonyl (C=O) groups excluding carboxylic acids is 1. The average Bonchev–Trinajstić information content (AvgIpc) is 3.47. The minimum atomic E-state index is 0.0533. The summed E-state index contributed by atoms with van der Waals surface area (Å²) in [6.45, 7) is 3.24. The van der Waals surface area contributed by atoms with Crippen LogP contribution in [0.1, 0.15) is 110 Å². The lowest BCUT2D eigenvalue weighted by atomic mass is 10.1. The maximum absolute atomic E-state index is 12.0. The summed E-state index contributed by atoms with van der Waals surface area (Å²) in [7, 11) is 0. The molecule has 0 bridgehead atoms. The molecule has 0 spiro atoms. The van der Waals surface area contributed by atoms with Gasteiger partial charge in [0.25, 0.3) is 0 Å². The molecular formula is C24H42N4OS. The summed E-state index contributed by atoms with van der Waals surface area (Å²) in [4.78, 5) is 12.0. The molecule has 0 aromatic carbocycles. The molecule has 0 unspecified atom stereocenters. The van der Waals surface area contributed by atoms with Gasteiger partial charge in [-0.1, -0.05) is 81.8 Å². The summed E-state index contributed by atoms with van der Waals surface area (Å²) >= 11 is 1.42. The van der Waals surface area contributed by atoms with Crippen LogP contribution in [0, 0.1) is 5.92 Å². The number of unbranched alkanes of at least 4 members (excludes halogenated alkanes) is 11. The highest BCUT2D eigenvalue weighted by atomic mass is 32.1. The van der Waals surface area contributed by atoms with Crippen LogP contribution in [-0.2, 0) is 4.79 Å². The van der Waals surface area contributed by atoms with Crippen LogP contribution in [0.3, 0.4) is 0 Å². The normalized spacial score (nSPS) is 13.8. The Hall–Kier alpha value is -1.43. The number of amides is 1. The van der Waals surface area contributed by atoms with Crippen molar-refractivity contribution in [2.45, 2.75) is 110 Å². The SMILES string of the molecule is CCCCCCCCC=CCCCCCCCC(=O)Nc1nnc(NCC2CC2)s1. The number of hydrogen-bond acceptors (Lipinski definition) is 5. The van der Waals surface area contributed by atoms with Crippen molar-refractivity contribution in [3.8, 4) is 0 Å². The zero-order chi connectivity index (χ0) is 21.3. The monoisotopic (exact) mass is 434 g/mol. The molecule has 1 aromatic heterocycles. The predicted octanol–water partition coefficient (Wildman–Crippen LogP) is 7.34. The third-order valence-corrected chi connectivity index (χ3v) is 6.37. The number of nitrogens with one attached hydrogen (secondary N) is 2.